The third-order valence-corrected chi connectivity index (χ3v) is 4.05. The summed E-state index contributed by atoms with van der Waals surface area (Å²) in [6, 6.07) is 15.1. The number of amides is 2. The van der Waals surface area contributed by atoms with E-state index in [2.05, 4.69) is 22.8 Å². The topological polar surface area (TPSA) is 76.0 Å². The van der Waals surface area contributed by atoms with E-state index < -0.39 is 0 Å². The van der Waals surface area contributed by atoms with E-state index in [0.717, 1.165) is 23.0 Å². The second-order valence-corrected chi connectivity index (χ2v) is 5.73. The van der Waals surface area contributed by atoms with Gasteiger partial charge in [0.1, 0.15) is 0 Å². The fraction of sp³-hybridized carbons (Fsp3) is 0.211. The quantitative estimate of drug-likeness (QED) is 0.703. The van der Waals surface area contributed by atoms with E-state index in [9.17, 15) is 9.59 Å². The van der Waals surface area contributed by atoms with Gasteiger partial charge in [-0.2, -0.15) is 0 Å². The van der Waals surface area contributed by atoms with Crippen molar-refractivity contribution in [2.45, 2.75) is 26.3 Å². The van der Waals surface area contributed by atoms with Crippen LogP contribution in [0.3, 0.4) is 0 Å². The van der Waals surface area contributed by atoms with Gasteiger partial charge in [-0.3, -0.25) is 20.4 Å². The lowest BCUT2D eigenvalue weighted by Crippen LogP contribution is -2.41. The highest BCUT2D eigenvalue weighted by molar-refractivity contribution is 5.95. The summed E-state index contributed by atoms with van der Waals surface area (Å²) in [4.78, 5) is 28.3. The Morgan fingerprint density at radius 2 is 1.80 bits per heavy atom. The number of hydrazine groups is 1. The van der Waals surface area contributed by atoms with Gasteiger partial charge in [0.05, 0.1) is 17.4 Å². The molecule has 1 heterocycles. The molecule has 0 aliphatic rings. The molecule has 0 atom stereocenters. The van der Waals surface area contributed by atoms with E-state index in [0.29, 0.717) is 12.1 Å². The molecule has 128 valence electrons. The number of benzene rings is 2. The molecule has 6 nitrogen and oxygen atoms in total. The van der Waals surface area contributed by atoms with Gasteiger partial charge in [-0.05, 0) is 36.2 Å². The molecule has 0 radical (unpaired) electrons. The summed E-state index contributed by atoms with van der Waals surface area (Å²) in [6.45, 7) is 2.55. The predicted molar refractivity (Wildman–Crippen MR) is 95.8 cm³/mol. The minimum atomic E-state index is -0.330. The van der Waals surface area contributed by atoms with Crippen molar-refractivity contribution in [1.82, 2.24) is 20.4 Å². The van der Waals surface area contributed by atoms with Crippen molar-refractivity contribution in [2.24, 2.45) is 0 Å². The first-order valence-corrected chi connectivity index (χ1v) is 8.25. The van der Waals surface area contributed by atoms with Crippen LogP contribution in [-0.4, -0.2) is 21.4 Å². The Bertz CT molecular complexity index is 884. The van der Waals surface area contributed by atoms with E-state index in [1.807, 2.05) is 41.0 Å². The van der Waals surface area contributed by atoms with Gasteiger partial charge < -0.3 is 4.57 Å². The molecule has 3 aromatic rings. The standard InChI is InChI=1S/C19H20N4O2/c1-2-14-7-9-15(10-8-14)19(25)22-21-18(24)11-12-23-13-20-16-5-3-4-6-17(16)23/h3-10,13H,2,11-12H2,1H3,(H,21,24)(H,22,25). The van der Waals surface area contributed by atoms with E-state index in [4.69, 9.17) is 0 Å². The van der Waals surface area contributed by atoms with Gasteiger partial charge in [-0.1, -0.05) is 31.2 Å². The van der Waals surface area contributed by atoms with Crippen molar-refractivity contribution in [3.05, 3.63) is 66.0 Å². The van der Waals surface area contributed by atoms with E-state index >= 15 is 0 Å². The summed E-state index contributed by atoms with van der Waals surface area (Å²) >= 11 is 0. The molecule has 25 heavy (non-hydrogen) atoms. The largest absolute Gasteiger partial charge is 0.330 e. The Morgan fingerprint density at radius 3 is 2.56 bits per heavy atom. The zero-order valence-corrected chi connectivity index (χ0v) is 14.0. The highest BCUT2D eigenvalue weighted by atomic mass is 16.2. The molecule has 3 rings (SSSR count). The van der Waals surface area contributed by atoms with Gasteiger partial charge in [0, 0.05) is 18.5 Å². The van der Waals surface area contributed by atoms with Crippen LogP contribution in [0.5, 0.6) is 0 Å². The molecule has 0 unspecified atom stereocenters. The lowest BCUT2D eigenvalue weighted by Gasteiger charge is -2.08. The minimum absolute atomic E-state index is 0.245. The number of carbonyl (C=O) groups is 2. The van der Waals surface area contributed by atoms with Crippen LogP contribution in [0.25, 0.3) is 11.0 Å². The first kappa shape index (κ1) is 16.7. The fourth-order valence-corrected chi connectivity index (χ4v) is 2.56. The maximum atomic E-state index is 12.0. The third-order valence-electron chi connectivity index (χ3n) is 4.05. The molecule has 6 heteroatoms. The van der Waals surface area contributed by atoms with Gasteiger partial charge in [0.15, 0.2) is 0 Å². The zero-order chi connectivity index (χ0) is 17.6. The number of imidazole rings is 1. The molecule has 1 aromatic heterocycles. The highest BCUT2D eigenvalue weighted by Gasteiger charge is 2.08. The average Bonchev–Trinajstić information content (AvgIpc) is 3.07. The number of fused-ring (bicyclic) bond motifs is 1. The minimum Gasteiger partial charge on any atom is -0.330 e. The Morgan fingerprint density at radius 1 is 1.04 bits per heavy atom. The summed E-state index contributed by atoms with van der Waals surface area (Å²) < 4.78 is 1.92. The van der Waals surface area contributed by atoms with Crippen LogP contribution in [0.4, 0.5) is 0 Å². The lowest BCUT2D eigenvalue weighted by molar-refractivity contribution is -0.122. The first-order chi connectivity index (χ1) is 12.2. The predicted octanol–water partition coefficient (Wildman–Crippen LogP) is 2.45. The number of rotatable bonds is 5. The Balaban J connectivity index is 1.50. The number of aryl methyl sites for hydroxylation is 2. The number of nitrogens with zero attached hydrogens (tertiary/aromatic N) is 2. The molecular formula is C19H20N4O2. The molecular weight excluding hydrogens is 316 g/mol. The number of hydrogen-bond acceptors (Lipinski definition) is 3. The monoisotopic (exact) mass is 336 g/mol. The molecule has 0 bridgehead atoms. The SMILES string of the molecule is CCc1ccc(C(=O)NNC(=O)CCn2cnc3ccccc32)cc1. The smallest absolute Gasteiger partial charge is 0.269 e. The summed E-state index contributed by atoms with van der Waals surface area (Å²) in [5.41, 5.74) is 8.44. The van der Waals surface area contributed by atoms with Crippen LogP contribution in [0.2, 0.25) is 0 Å². The molecule has 0 spiro atoms. The molecule has 2 N–H and O–H groups in total. The molecule has 0 aliphatic carbocycles. The van der Waals surface area contributed by atoms with E-state index in [1.54, 1.807) is 18.5 Å². The van der Waals surface area contributed by atoms with Crippen molar-refractivity contribution in [3.63, 3.8) is 0 Å². The zero-order valence-electron chi connectivity index (χ0n) is 14.0. The normalized spacial score (nSPS) is 10.6. The van der Waals surface area contributed by atoms with Gasteiger partial charge in [-0.15, -0.1) is 0 Å². The van der Waals surface area contributed by atoms with Crippen molar-refractivity contribution in [3.8, 4) is 0 Å². The molecule has 0 aliphatic heterocycles. The number of para-hydroxylation sites is 2. The van der Waals surface area contributed by atoms with Gasteiger partial charge in [-0.25, -0.2) is 4.98 Å². The van der Waals surface area contributed by atoms with Crippen LogP contribution >= 0.6 is 0 Å². The first-order valence-electron chi connectivity index (χ1n) is 8.25. The maximum absolute atomic E-state index is 12.0. The van der Waals surface area contributed by atoms with Crippen LogP contribution in [0.1, 0.15) is 29.3 Å². The summed E-state index contributed by atoms with van der Waals surface area (Å²) in [7, 11) is 0. The third kappa shape index (κ3) is 4.03. The number of carbonyl (C=O) groups excluding carboxylic acids is 2. The Kier molecular flexibility index (Phi) is 5.09. The molecule has 0 fully saturated rings. The second-order valence-electron chi connectivity index (χ2n) is 5.73. The second kappa shape index (κ2) is 7.61. The molecule has 2 aromatic carbocycles. The number of aromatic nitrogens is 2. The fourth-order valence-electron chi connectivity index (χ4n) is 2.56. The summed E-state index contributed by atoms with van der Waals surface area (Å²) in [5, 5.41) is 0. The Labute approximate surface area is 145 Å². The summed E-state index contributed by atoms with van der Waals surface area (Å²) in [6.07, 6.45) is 2.88. The number of nitrogens with one attached hydrogen (secondary N) is 2. The van der Waals surface area contributed by atoms with Crippen LogP contribution in [0, 0.1) is 0 Å². The Hall–Kier alpha value is -3.15. The van der Waals surface area contributed by atoms with Crippen molar-refractivity contribution in [2.75, 3.05) is 0 Å². The van der Waals surface area contributed by atoms with Crippen molar-refractivity contribution < 1.29 is 9.59 Å². The molecule has 2 amide bonds. The van der Waals surface area contributed by atoms with Gasteiger partial charge in [0.25, 0.3) is 5.91 Å². The van der Waals surface area contributed by atoms with Crippen LogP contribution in [-0.2, 0) is 17.8 Å². The van der Waals surface area contributed by atoms with Gasteiger partial charge >= 0.3 is 0 Å². The van der Waals surface area contributed by atoms with Crippen LogP contribution < -0.4 is 10.9 Å². The summed E-state index contributed by atoms with van der Waals surface area (Å²) in [5.74, 6) is -0.583. The van der Waals surface area contributed by atoms with Crippen molar-refractivity contribution in [1.29, 1.82) is 0 Å². The molecule has 0 saturated carbocycles. The van der Waals surface area contributed by atoms with Crippen LogP contribution in [0.15, 0.2) is 54.9 Å². The van der Waals surface area contributed by atoms with Crippen molar-refractivity contribution >= 4 is 22.8 Å². The van der Waals surface area contributed by atoms with E-state index in [-0.39, 0.29) is 18.2 Å². The lowest BCUT2D eigenvalue weighted by atomic mass is 10.1. The molecule has 0 saturated heterocycles. The average molecular weight is 336 g/mol. The maximum Gasteiger partial charge on any atom is 0.269 e. The highest BCUT2D eigenvalue weighted by Crippen LogP contribution is 2.12. The number of hydrogen-bond donors (Lipinski definition) is 2. The van der Waals surface area contributed by atoms with Gasteiger partial charge in [0.2, 0.25) is 5.91 Å². The van der Waals surface area contributed by atoms with E-state index in [1.165, 1.54) is 0 Å².